The molecule has 0 atom stereocenters. The fraction of sp³-hybridized carbons (Fsp3) is 0.357. The van der Waals surface area contributed by atoms with Crippen LogP contribution in [0.15, 0.2) is 22.7 Å². The van der Waals surface area contributed by atoms with Crippen molar-refractivity contribution in [3.8, 4) is 0 Å². The molecule has 0 saturated carbocycles. The Kier molecular flexibility index (Phi) is 4.34. The van der Waals surface area contributed by atoms with E-state index in [1.165, 1.54) is 0 Å². The fourth-order valence-electron chi connectivity index (χ4n) is 1.69. The number of esters is 1. The molecule has 0 aliphatic carbocycles. The van der Waals surface area contributed by atoms with E-state index in [2.05, 4.69) is 15.3 Å². The number of ether oxygens (including phenoxy) is 1. The predicted octanol–water partition coefficient (Wildman–Crippen LogP) is 2.48. The molecular weight excluding hydrogens is 258 g/mol. The number of nitrogens with zero attached hydrogens (tertiary/aromatic N) is 2. The van der Waals surface area contributed by atoms with Gasteiger partial charge in [-0.25, -0.2) is 14.8 Å². The standard InChI is InChI=1S/C14H17N3O3/c1-4-19-14(18)11-6-5-7-15-13(11)16-8-12-17-9(2)10(3)20-12/h5-7H,4,8H2,1-3H3,(H,15,16). The van der Waals surface area contributed by atoms with Crippen molar-refractivity contribution in [2.24, 2.45) is 0 Å². The van der Waals surface area contributed by atoms with Crippen molar-refractivity contribution < 1.29 is 13.9 Å². The first-order valence-electron chi connectivity index (χ1n) is 6.40. The smallest absolute Gasteiger partial charge is 0.341 e. The lowest BCUT2D eigenvalue weighted by molar-refractivity contribution is 0.0527. The van der Waals surface area contributed by atoms with Gasteiger partial charge in [-0.2, -0.15) is 0 Å². The molecule has 1 N–H and O–H groups in total. The van der Waals surface area contributed by atoms with Gasteiger partial charge >= 0.3 is 5.97 Å². The Morgan fingerprint density at radius 2 is 2.25 bits per heavy atom. The SMILES string of the molecule is CCOC(=O)c1cccnc1NCc1nc(C)c(C)o1. The number of carbonyl (C=O) groups excluding carboxylic acids is 1. The van der Waals surface area contributed by atoms with Crippen molar-refractivity contribution in [1.82, 2.24) is 9.97 Å². The molecule has 0 aromatic carbocycles. The van der Waals surface area contributed by atoms with Crippen LogP contribution in [0.4, 0.5) is 5.82 Å². The van der Waals surface area contributed by atoms with Gasteiger partial charge in [-0.1, -0.05) is 0 Å². The first-order chi connectivity index (χ1) is 9.61. The van der Waals surface area contributed by atoms with Crippen LogP contribution in [-0.4, -0.2) is 22.5 Å². The van der Waals surface area contributed by atoms with Crippen LogP contribution < -0.4 is 5.32 Å². The van der Waals surface area contributed by atoms with Crippen molar-refractivity contribution in [1.29, 1.82) is 0 Å². The maximum atomic E-state index is 11.8. The summed E-state index contributed by atoms with van der Waals surface area (Å²) in [6.07, 6.45) is 1.61. The van der Waals surface area contributed by atoms with Crippen LogP contribution in [0, 0.1) is 13.8 Å². The summed E-state index contributed by atoms with van der Waals surface area (Å²) in [5, 5.41) is 3.04. The number of aryl methyl sites for hydroxylation is 2. The zero-order chi connectivity index (χ0) is 14.5. The predicted molar refractivity (Wildman–Crippen MR) is 73.5 cm³/mol. The maximum Gasteiger partial charge on any atom is 0.341 e. The third kappa shape index (κ3) is 3.14. The van der Waals surface area contributed by atoms with Gasteiger partial charge in [0, 0.05) is 6.20 Å². The Balaban J connectivity index is 2.11. The van der Waals surface area contributed by atoms with E-state index in [4.69, 9.17) is 9.15 Å². The second-order valence-electron chi connectivity index (χ2n) is 4.22. The van der Waals surface area contributed by atoms with Crippen LogP contribution in [-0.2, 0) is 11.3 Å². The largest absolute Gasteiger partial charge is 0.462 e. The van der Waals surface area contributed by atoms with Crippen LogP contribution >= 0.6 is 0 Å². The average Bonchev–Trinajstić information content (AvgIpc) is 2.76. The highest BCUT2D eigenvalue weighted by Gasteiger charge is 2.14. The van der Waals surface area contributed by atoms with E-state index >= 15 is 0 Å². The summed E-state index contributed by atoms with van der Waals surface area (Å²) in [6.45, 7) is 6.19. The zero-order valence-electron chi connectivity index (χ0n) is 11.8. The molecule has 0 unspecified atom stereocenters. The van der Waals surface area contributed by atoms with E-state index in [9.17, 15) is 4.79 Å². The number of aromatic nitrogens is 2. The molecule has 0 bridgehead atoms. The van der Waals surface area contributed by atoms with Gasteiger partial charge in [-0.15, -0.1) is 0 Å². The molecule has 2 heterocycles. The first-order valence-corrected chi connectivity index (χ1v) is 6.40. The first kappa shape index (κ1) is 14.0. The lowest BCUT2D eigenvalue weighted by atomic mass is 10.2. The Hall–Kier alpha value is -2.37. The molecule has 0 spiro atoms. The Morgan fingerprint density at radius 1 is 1.45 bits per heavy atom. The lowest BCUT2D eigenvalue weighted by Gasteiger charge is -2.08. The van der Waals surface area contributed by atoms with Crippen molar-refractivity contribution >= 4 is 11.8 Å². The van der Waals surface area contributed by atoms with Gasteiger partial charge in [-0.3, -0.25) is 0 Å². The van der Waals surface area contributed by atoms with E-state index in [0.29, 0.717) is 30.4 Å². The quantitative estimate of drug-likeness (QED) is 0.845. The third-order valence-corrected chi connectivity index (χ3v) is 2.78. The van der Waals surface area contributed by atoms with Gasteiger partial charge < -0.3 is 14.5 Å². The van der Waals surface area contributed by atoms with Gasteiger partial charge in [0.1, 0.15) is 17.1 Å². The summed E-state index contributed by atoms with van der Waals surface area (Å²) in [7, 11) is 0. The second kappa shape index (κ2) is 6.18. The van der Waals surface area contributed by atoms with Crippen LogP contribution in [0.2, 0.25) is 0 Å². The molecule has 2 aromatic rings. The fourth-order valence-corrected chi connectivity index (χ4v) is 1.69. The second-order valence-corrected chi connectivity index (χ2v) is 4.22. The van der Waals surface area contributed by atoms with E-state index in [-0.39, 0.29) is 0 Å². The van der Waals surface area contributed by atoms with Gasteiger partial charge in [0.05, 0.1) is 18.8 Å². The molecule has 0 aliphatic rings. The molecule has 106 valence electrons. The third-order valence-electron chi connectivity index (χ3n) is 2.78. The highest BCUT2D eigenvalue weighted by molar-refractivity contribution is 5.94. The highest BCUT2D eigenvalue weighted by atomic mass is 16.5. The van der Waals surface area contributed by atoms with E-state index in [0.717, 1.165) is 11.5 Å². The lowest BCUT2D eigenvalue weighted by Crippen LogP contribution is -2.11. The molecular formula is C14H17N3O3. The van der Waals surface area contributed by atoms with Crippen molar-refractivity contribution in [2.75, 3.05) is 11.9 Å². The number of nitrogens with one attached hydrogen (secondary N) is 1. The summed E-state index contributed by atoms with van der Waals surface area (Å²) in [5.41, 5.74) is 1.25. The highest BCUT2D eigenvalue weighted by Crippen LogP contribution is 2.15. The number of pyridine rings is 1. The maximum absolute atomic E-state index is 11.8. The molecule has 0 aliphatic heterocycles. The molecule has 2 rings (SSSR count). The van der Waals surface area contributed by atoms with Crippen LogP contribution in [0.3, 0.4) is 0 Å². The molecule has 0 radical (unpaired) electrons. The number of hydrogen-bond acceptors (Lipinski definition) is 6. The van der Waals surface area contributed by atoms with Gasteiger partial charge in [0.2, 0.25) is 5.89 Å². The molecule has 6 heteroatoms. The van der Waals surface area contributed by atoms with Crippen molar-refractivity contribution in [3.05, 3.63) is 41.2 Å². The summed E-state index contributed by atoms with van der Waals surface area (Å²) in [4.78, 5) is 20.2. The minimum absolute atomic E-state index is 0.325. The Labute approximate surface area is 117 Å². The summed E-state index contributed by atoms with van der Waals surface area (Å²) < 4.78 is 10.5. The molecule has 2 aromatic heterocycles. The average molecular weight is 275 g/mol. The number of anilines is 1. The van der Waals surface area contributed by atoms with E-state index in [1.807, 2.05) is 13.8 Å². The normalized spacial score (nSPS) is 10.3. The molecule has 0 fully saturated rings. The molecule has 20 heavy (non-hydrogen) atoms. The summed E-state index contributed by atoms with van der Waals surface area (Å²) in [6, 6.07) is 3.36. The van der Waals surface area contributed by atoms with Crippen molar-refractivity contribution in [3.63, 3.8) is 0 Å². The van der Waals surface area contributed by atoms with Crippen LogP contribution in [0.1, 0.15) is 34.6 Å². The molecule has 0 amide bonds. The molecule has 0 saturated heterocycles. The summed E-state index contributed by atoms with van der Waals surface area (Å²) >= 11 is 0. The number of oxazole rings is 1. The Morgan fingerprint density at radius 3 is 2.90 bits per heavy atom. The Bertz CT molecular complexity index is 588. The van der Waals surface area contributed by atoms with Crippen molar-refractivity contribution in [2.45, 2.75) is 27.3 Å². The molecule has 6 nitrogen and oxygen atoms in total. The monoisotopic (exact) mass is 275 g/mol. The van der Waals surface area contributed by atoms with Gasteiger partial charge in [0.25, 0.3) is 0 Å². The zero-order valence-corrected chi connectivity index (χ0v) is 11.8. The number of carbonyl (C=O) groups is 1. The van der Waals surface area contributed by atoms with Crippen LogP contribution in [0.25, 0.3) is 0 Å². The summed E-state index contributed by atoms with van der Waals surface area (Å²) in [5.74, 6) is 1.40. The van der Waals surface area contributed by atoms with Crippen LogP contribution in [0.5, 0.6) is 0 Å². The van der Waals surface area contributed by atoms with Gasteiger partial charge in [0.15, 0.2) is 0 Å². The van der Waals surface area contributed by atoms with E-state index in [1.54, 1.807) is 25.3 Å². The topological polar surface area (TPSA) is 77.2 Å². The van der Waals surface area contributed by atoms with Gasteiger partial charge in [-0.05, 0) is 32.9 Å². The minimum atomic E-state index is -0.400. The van der Waals surface area contributed by atoms with E-state index < -0.39 is 5.97 Å². The minimum Gasteiger partial charge on any atom is -0.462 e. The number of hydrogen-bond donors (Lipinski definition) is 1. The number of rotatable bonds is 5.